The first-order valence-electron chi connectivity index (χ1n) is 13.1. The lowest BCUT2D eigenvalue weighted by molar-refractivity contribution is -0.746. The highest BCUT2D eigenvalue weighted by atomic mass is 32.1. The van der Waals surface area contributed by atoms with Gasteiger partial charge >= 0.3 is 5.88 Å². The summed E-state index contributed by atoms with van der Waals surface area (Å²) in [4.78, 5) is 34.2. The van der Waals surface area contributed by atoms with E-state index < -0.39 is 11.9 Å². The lowest BCUT2D eigenvalue weighted by Gasteiger charge is -2.22. The summed E-state index contributed by atoms with van der Waals surface area (Å²) in [7, 11) is 3.19. The molecule has 1 saturated heterocycles. The summed E-state index contributed by atoms with van der Waals surface area (Å²) in [5.41, 5.74) is 2.95. The van der Waals surface area contributed by atoms with Crippen molar-refractivity contribution in [1.82, 2.24) is 10.2 Å². The van der Waals surface area contributed by atoms with Crippen molar-refractivity contribution in [3.8, 4) is 5.75 Å². The summed E-state index contributed by atoms with van der Waals surface area (Å²) < 4.78 is 12.0. The molecule has 1 atom stereocenters. The van der Waals surface area contributed by atoms with Gasteiger partial charge in [-0.15, -0.1) is 0 Å². The van der Waals surface area contributed by atoms with E-state index in [1.807, 2.05) is 19.1 Å². The second-order valence-electron chi connectivity index (χ2n) is 9.65. The molecular formula is C30H28N6O5S. The first-order chi connectivity index (χ1) is 20.2. The van der Waals surface area contributed by atoms with Gasteiger partial charge in [0.1, 0.15) is 18.3 Å². The third-order valence-electron chi connectivity index (χ3n) is 6.79. The summed E-state index contributed by atoms with van der Waals surface area (Å²) in [5.74, 6) is -0.609. The Labute approximate surface area is 247 Å². The van der Waals surface area contributed by atoms with Crippen LogP contribution in [-0.2, 0) is 23.2 Å². The number of aryl methyl sites for hydroxylation is 2. The standard InChI is InChI=1S/C30H28N6O5S/c1-19-9-13-22(14-10-19)36-29(39)24(17-26(37)31-21-11-15-23(40-3)16-12-21)35(30(36)42)18-25-28(41-33-34(25)2)32-27(38)20-7-5-4-6-8-20/h4-16,24H,17-18H2,1-3H3,(H-,31,32,33,37,38). The Hall–Kier alpha value is -5.10. The van der Waals surface area contributed by atoms with Crippen molar-refractivity contribution in [2.45, 2.75) is 25.9 Å². The van der Waals surface area contributed by atoms with Crippen LogP contribution in [0.25, 0.3) is 0 Å². The van der Waals surface area contributed by atoms with E-state index in [2.05, 4.69) is 15.6 Å². The van der Waals surface area contributed by atoms with Gasteiger partial charge in [-0.25, -0.2) is 4.99 Å². The molecule has 0 saturated carbocycles. The number of aliphatic imine (C=N–C) groups is 1. The molecule has 42 heavy (non-hydrogen) atoms. The van der Waals surface area contributed by atoms with Crippen LogP contribution < -0.4 is 24.7 Å². The number of hydrogen-bond acceptors (Lipinski definition) is 8. The molecule has 1 aliphatic rings. The zero-order chi connectivity index (χ0) is 29.8. The molecule has 1 fully saturated rings. The van der Waals surface area contributed by atoms with E-state index in [-0.39, 0.29) is 35.8 Å². The van der Waals surface area contributed by atoms with Crippen LogP contribution >= 0.6 is 12.2 Å². The van der Waals surface area contributed by atoms with Crippen molar-refractivity contribution >= 4 is 52.3 Å². The summed E-state index contributed by atoms with van der Waals surface area (Å²) in [6, 6.07) is 21.9. The van der Waals surface area contributed by atoms with Crippen molar-refractivity contribution in [3.63, 3.8) is 0 Å². The zero-order valence-electron chi connectivity index (χ0n) is 23.2. The molecule has 1 aliphatic heterocycles. The van der Waals surface area contributed by atoms with Gasteiger partial charge in [0, 0.05) is 5.69 Å². The Balaban J connectivity index is 1.45. The minimum Gasteiger partial charge on any atom is -0.858 e. The first-order valence-corrected chi connectivity index (χ1v) is 13.5. The SMILES string of the molecule is COc1ccc(NC(=O)CC2C(=O)N(c3ccc(C)cc3)C(=S)N2Cc2c(/N=C(\[O-])c3ccccc3)on[n+]2C)cc1. The number of amides is 2. The monoisotopic (exact) mass is 584 g/mol. The first kappa shape index (κ1) is 28.4. The Morgan fingerprint density at radius 2 is 1.81 bits per heavy atom. The minimum atomic E-state index is -0.940. The Morgan fingerprint density at radius 3 is 2.48 bits per heavy atom. The highest BCUT2D eigenvalue weighted by molar-refractivity contribution is 7.80. The summed E-state index contributed by atoms with van der Waals surface area (Å²) in [6.07, 6.45) is -0.183. The van der Waals surface area contributed by atoms with Gasteiger partial charge < -0.3 is 20.1 Å². The lowest BCUT2D eigenvalue weighted by Crippen LogP contribution is -2.42. The van der Waals surface area contributed by atoms with Gasteiger partial charge in [0.25, 0.3) is 11.6 Å². The number of nitrogens with zero attached hydrogens (tertiary/aromatic N) is 5. The highest BCUT2D eigenvalue weighted by Gasteiger charge is 2.46. The van der Waals surface area contributed by atoms with Gasteiger partial charge in [-0.2, -0.15) is 0 Å². The normalized spacial score (nSPS) is 15.3. The molecule has 0 spiro atoms. The summed E-state index contributed by atoms with van der Waals surface area (Å²) in [5, 5.41) is 19.8. The molecule has 4 aromatic rings. The van der Waals surface area contributed by atoms with Crippen LogP contribution in [0.2, 0.25) is 0 Å². The Bertz CT molecular complexity index is 1640. The number of nitrogens with one attached hydrogen (secondary N) is 1. The highest BCUT2D eigenvalue weighted by Crippen LogP contribution is 2.30. The van der Waals surface area contributed by atoms with Crippen LogP contribution in [0, 0.1) is 6.92 Å². The molecule has 0 aliphatic carbocycles. The van der Waals surface area contributed by atoms with Crippen molar-refractivity contribution in [3.05, 3.63) is 95.7 Å². The Morgan fingerprint density at radius 1 is 1.12 bits per heavy atom. The second kappa shape index (κ2) is 12.2. The average Bonchev–Trinajstić information content (AvgIpc) is 3.45. The van der Waals surface area contributed by atoms with E-state index in [0.29, 0.717) is 28.4 Å². The molecule has 214 valence electrons. The number of benzene rings is 3. The number of carbonyl (C=O) groups excluding carboxylic acids is 2. The van der Waals surface area contributed by atoms with E-state index in [0.717, 1.165) is 5.56 Å². The molecule has 0 bridgehead atoms. The maximum Gasteiger partial charge on any atom is 0.325 e. The molecule has 1 N–H and O–H groups in total. The predicted octanol–water partition coefficient (Wildman–Crippen LogP) is 2.79. The number of methoxy groups -OCH3 is 1. The van der Waals surface area contributed by atoms with Crippen molar-refractivity contribution in [1.29, 1.82) is 0 Å². The third-order valence-corrected chi connectivity index (χ3v) is 7.21. The quantitative estimate of drug-likeness (QED) is 0.138. The fourth-order valence-electron chi connectivity index (χ4n) is 4.50. The predicted molar refractivity (Wildman–Crippen MR) is 157 cm³/mol. The number of thiocarbonyl (C=S) groups is 1. The van der Waals surface area contributed by atoms with Crippen LogP contribution in [0.3, 0.4) is 0 Å². The Kier molecular flexibility index (Phi) is 8.25. The van der Waals surface area contributed by atoms with E-state index in [9.17, 15) is 14.7 Å². The third kappa shape index (κ3) is 5.98. The number of aromatic nitrogens is 2. The number of anilines is 2. The van der Waals surface area contributed by atoms with Crippen LogP contribution in [0.15, 0.2) is 88.4 Å². The lowest BCUT2D eigenvalue weighted by atomic mass is 10.1. The topological polar surface area (TPSA) is 127 Å². The molecule has 2 amide bonds. The van der Waals surface area contributed by atoms with Gasteiger partial charge in [-0.05, 0) is 71.7 Å². The van der Waals surface area contributed by atoms with Crippen molar-refractivity contribution < 1.29 is 28.6 Å². The maximum absolute atomic E-state index is 13.8. The van der Waals surface area contributed by atoms with Crippen molar-refractivity contribution in [2.75, 3.05) is 17.3 Å². The van der Waals surface area contributed by atoms with Gasteiger partial charge in [-0.3, -0.25) is 19.0 Å². The summed E-state index contributed by atoms with van der Waals surface area (Å²) in [6.45, 7) is 1.95. The average molecular weight is 585 g/mol. The number of rotatable bonds is 9. The van der Waals surface area contributed by atoms with Gasteiger partial charge in [0.2, 0.25) is 11.2 Å². The van der Waals surface area contributed by atoms with E-state index in [4.69, 9.17) is 21.5 Å². The number of hydrogen-bond donors (Lipinski definition) is 1. The molecule has 2 heterocycles. The molecule has 3 aromatic carbocycles. The van der Waals surface area contributed by atoms with Crippen LogP contribution in [-0.4, -0.2) is 46.1 Å². The fraction of sp³-hybridized carbons (Fsp3) is 0.200. The molecule has 12 heteroatoms. The maximum atomic E-state index is 13.8. The zero-order valence-corrected chi connectivity index (χ0v) is 24.0. The van der Waals surface area contributed by atoms with Crippen LogP contribution in [0.5, 0.6) is 5.75 Å². The number of ether oxygens (including phenoxy) is 1. The molecule has 1 unspecified atom stereocenters. The van der Waals surface area contributed by atoms with Crippen LogP contribution in [0.1, 0.15) is 23.2 Å². The van der Waals surface area contributed by atoms with Gasteiger partial charge in [-0.1, -0.05) is 48.0 Å². The van der Waals surface area contributed by atoms with E-state index in [1.54, 1.807) is 85.8 Å². The van der Waals surface area contributed by atoms with E-state index in [1.165, 1.54) is 9.58 Å². The smallest absolute Gasteiger partial charge is 0.325 e. The molecule has 11 nitrogen and oxygen atoms in total. The molecule has 1 aromatic heterocycles. The summed E-state index contributed by atoms with van der Waals surface area (Å²) >= 11 is 5.79. The van der Waals surface area contributed by atoms with Crippen LogP contribution in [0.4, 0.5) is 17.3 Å². The second-order valence-corrected chi connectivity index (χ2v) is 10.0. The molecular weight excluding hydrogens is 556 g/mol. The largest absolute Gasteiger partial charge is 0.858 e. The van der Waals surface area contributed by atoms with Gasteiger partial charge in [0.15, 0.2) is 12.2 Å². The molecule has 5 rings (SSSR count). The number of carbonyl (C=O) groups is 2. The van der Waals surface area contributed by atoms with Gasteiger partial charge in [0.05, 0.1) is 19.2 Å². The van der Waals surface area contributed by atoms with Crippen molar-refractivity contribution in [2.24, 2.45) is 12.0 Å². The minimum absolute atomic E-state index is 0.00825. The fourth-order valence-corrected chi connectivity index (χ4v) is 4.89. The molecule has 0 radical (unpaired) electrons. The van der Waals surface area contributed by atoms with E-state index >= 15 is 0 Å².